The molecule has 0 bridgehead atoms. The minimum Gasteiger partial charge on any atom is -0.366 e. The highest BCUT2D eigenvalue weighted by atomic mass is 79.9. The molecule has 0 unspecified atom stereocenters. The molecule has 0 saturated heterocycles. The lowest BCUT2D eigenvalue weighted by Gasteiger charge is -2.12. The van der Waals surface area contributed by atoms with Crippen molar-refractivity contribution in [1.82, 2.24) is 14.6 Å². The number of carbonyl (C=O) groups is 1. The Bertz CT molecular complexity index is 1570. The molecule has 6 nitrogen and oxygen atoms in total. The lowest BCUT2D eigenvalue weighted by molar-refractivity contribution is -0.111. The molecule has 3 aromatic carbocycles. The first kappa shape index (κ1) is 23.8. The summed E-state index contributed by atoms with van der Waals surface area (Å²) in [6.45, 7) is 0.516. The number of nitrogens with zero attached hydrogens (tertiary/aromatic N) is 3. The molecule has 5 rings (SSSR count). The van der Waals surface area contributed by atoms with Gasteiger partial charge in [-0.1, -0.05) is 72.3 Å². The summed E-state index contributed by atoms with van der Waals surface area (Å²) < 4.78 is 2.53. The maximum Gasteiger partial charge on any atom is 0.248 e. The van der Waals surface area contributed by atoms with Crippen LogP contribution in [0.3, 0.4) is 0 Å². The van der Waals surface area contributed by atoms with E-state index in [4.69, 9.17) is 16.6 Å². The number of halogens is 2. The zero-order chi connectivity index (χ0) is 24.9. The molecule has 2 N–H and O–H groups in total. The topological polar surface area (TPSA) is 71.3 Å². The summed E-state index contributed by atoms with van der Waals surface area (Å²) >= 11 is 9.96. The fraction of sp³-hybridized carbons (Fsp3) is 0.0357. The molecule has 8 heteroatoms. The van der Waals surface area contributed by atoms with Gasteiger partial charge >= 0.3 is 0 Å². The summed E-state index contributed by atoms with van der Waals surface area (Å²) in [6, 6.07) is 26.9. The summed E-state index contributed by atoms with van der Waals surface area (Å²) in [5.41, 5.74) is 4.94. The first-order chi connectivity index (χ1) is 17.6. The van der Waals surface area contributed by atoms with E-state index >= 15 is 0 Å². The van der Waals surface area contributed by atoms with Crippen molar-refractivity contribution in [1.29, 1.82) is 0 Å². The van der Waals surface area contributed by atoms with E-state index in [1.165, 1.54) is 6.08 Å². The van der Waals surface area contributed by atoms with Crippen LogP contribution >= 0.6 is 27.5 Å². The van der Waals surface area contributed by atoms with E-state index in [0.29, 0.717) is 17.2 Å². The van der Waals surface area contributed by atoms with Crippen LogP contribution in [0.5, 0.6) is 0 Å². The number of amides is 1. The van der Waals surface area contributed by atoms with Gasteiger partial charge in [-0.2, -0.15) is 9.61 Å². The molecule has 0 aliphatic carbocycles. The highest BCUT2D eigenvalue weighted by Crippen LogP contribution is 2.30. The largest absolute Gasteiger partial charge is 0.366 e. The van der Waals surface area contributed by atoms with Gasteiger partial charge < -0.3 is 10.6 Å². The summed E-state index contributed by atoms with van der Waals surface area (Å²) in [5, 5.41) is 11.4. The van der Waals surface area contributed by atoms with Gasteiger partial charge in [0.15, 0.2) is 5.65 Å². The van der Waals surface area contributed by atoms with E-state index in [1.54, 1.807) is 16.8 Å². The molecule has 0 spiro atoms. The van der Waals surface area contributed by atoms with Crippen LogP contribution in [0.25, 0.3) is 23.0 Å². The van der Waals surface area contributed by atoms with Crippen LogP contribution in [0.4, 0.5) is 11.5 Å². The molecule has 2 heterocycles. The van der Waals surface area contributed by atoms with Gasteiger partial charge in [-0.25, -0.2) is 4.98 Å². The molecule has 1 amide bonds. The molecule has 5 aromatic rings. The molecule has 178 valence electrons. The number of fused-ring (bicyclic) bond motifs is 1. The standard InChI is InChI=1S/C28H21BrClN5O/c29-23-18-32-35-26(16-25(34-28(23)35)22-11-4-5-12-24(22)30)31-17-20-9-6-10-21(15-20)33-27(36)14-13-19-7-2-1-3-8-19/h1-16,18,31H,17H2,(H,33,36). The quantitative estimate of drug-likeness (QED) is 0.210. The van der Waals surface area contributed by atoms with Crippen LogP contribution in [0, 0.1) is 0 Å². The Labute approximate surface area is 221 Å². The minimum atomic E-state index is -0.189. The third kappa shape index (κ3) is 5.48. The highest BCUT2D eigenvalue weighted by Gasteiger charge is 2.13. The Morgan fingerprint density at radius 1 is 1.00 bits per heavy atom. The Hall–Kier alpha value is -3.94. The summed E-state index contributed by atoms with van der Waals surface area (Å²) in [6.07, 6.45) is 5.02. The molecule has 0 radical (unpaired) electrons. The normalized spacial score (nSPS) is 11.2. The number of anilines is 2. The van der Waals surface area contributed by atoms with Crippen molar-refractivity contribution in [3.63, 3.8) is 0 Å². The monoisotopic (exact) mass is 557 g/mol. The van der Waals surface area contributed by atoms with Crippen LogP contribution in [0.15, 0.2) is 102 Å². The smallest absolute Gasteiger partial charge is 0.248 e. The zero-order valence-electron chi connectivity index (χ0n) is 19.0. The maximum atomic E-state index is 12.4. The van der Waals surface area contributed by atoms with E-state index < -0.39 is 0 Å². The van der Waals surface area contributed by atoms with Crippen molar-refractivity contribution >= 4 is 56.7 Å². The SMILES string of the molecule is O=C(C=Cc1ccccc1)Nc1cccc(CNc2cc(-c3ccccc3Cl)nc3c(Br)cnn23)c1. The average molecular weight is 559 g/mol. The van der Waals surface area contributed by atoms with Crippen molar-refractivity contribution in [3.05, 3.63) is 118 Å². The number of nitrogens with one attached hydrogen (secondary N) is 2. The number of carbonyl (C=O) groups excluding carboxylic acids is 1. The first-order valence-corrected chi connectivity index (χ1v) is 12.4. The second-order valence-corrected chi connectivity index (χ2v) is 9.28. The fourth-order valence-corrected chi connectivity index (χ4v) is 4.32. The van der Waals surface area contributed by atoms with E-state index in [9.17, 15) is 4.79 Å². The van der Waals surface area contributed by atoms with Crippen molar-refractivity contribution in [3.8, 4) is 11.3 Å². The molecule has 2 aromatic heterocycles. The van der Waals surface area contributed by atoms with Gasteiger partial charge in [0.2, 0.25) is 5.91 Å². The van der Waals surface area contributed by atoms with Crippen molar-refractivity contribution in [2.24, 2.45) is 0 Å². The van der Waals surface area contributed by atoms with Crippen LogP contribution in [-0.2, 0) is 11.3 Å². The van der Waals surface area contributed by atoms with Crippen LogP contribution in [0.2, 0.25) is 5.02 Å². The Balaban J connectivity index is 1.34. The number of benzene rings is 3. The summed E-state index contributed by atoms with van der Waals surface area (Å²) in [7, 11) is 0. The fourth-order valence-electron chi connectivity index (χ4n) is 3.74. The number of aromatic nitrogens is 3. The Kier molecular flexibility index (Phi) is 7.11. The van der Waals surface area contributed by atoms with Crippen LogP contribution in [0.1, 0.15) is 11.1 Å². The second-order valence-electron chi connectivity index (χ2n) is 8.02. The van der Waals surface area contributed by atoms with Crippen molar-refractivity contribution in [2.75, 3.05) is 10.6 Å². The van der Waals surface area contributed by atoms with E-state index in [2.05, 4.69) is 31.7 Å². The Morgan fingerprint density at radius 2 is 1.81 bits per heavy atom. The minimum absolute atomic E-state index is 0.189. The molecular weight excluding hydrogens is 538 g/mol. The highest BCUT2D eigenvalue weighted by molar-refractivity contribution is 9.10. The molecular formula is C28H21BrClN5O. The van der Waals surface area contributed by atoms with Gasteiger partial charge in [0.25, 0.3) is 0 Å². The van der Waals surface area contributed by atoms with Gasteiger partial charge in [-0.3, -0.25) is 4.79 Å². The van der Waals surface area contributed by atoms with E-state index in [-0.39, 0.29) is 5.91 Å². The van der Waals surface area contributed by atoms with E-state index in [1.807, 2.05) is 84.9 Å². The number of rotatable bonds is 7. The van der Waals surface area contributed by atoms with Crippen LogP contribution in [-0.4, -0.2) is 20.5 Å². The summed E-state index contributed by atoms with van der Waals surface area (Å²) in [5.74, 6) is 0.575. The zero-order valence-corrected chi connectivity index (χ0v) is 21.4. The number of hydrogen-bond acceptors (Lipinski definition) is 4. The van der Waals surface area contributed by atoms with E-state index in [0.717, 1.165) is 38.4 Å². The third-order valence-electron chi connectivity index (χ3n) is 5.47. The first-order valence-electron chi connectivity index (χ1n) is 11.2. The molecule has 0 saturated carbocycles. The van der Waals surface area contributed by atoms with Crippen molar-refractivity contribution in [2.45, 2.75) is 6.54 Å². The van der Waals surface area contributed by atoms with Crippen molar-refractivity contribution < 1.29 is 4.79 Å². The third-order valence-corrected chi connectivity index (χ3v) is 6.36. The lowest BCUT2D eigenvalue weighted by atomic mass is 10.1. The average Bonchev–Trinajstić information content (AvgIpc) is 3.28. The van der Waals surface area contributed by atoms with Gasteiger partial charge in [0.05, 0.1) is 16.4 Å². The molecule has 0 fully saturated rings. The Morgan fingerprint density at radius 3 is 2.64 bits per heavy atom. The molecule has 0 aliphatic rings. The van der Waals surface area contributed by atoms with Gasteiger partial charge in [-0.05, 0) is 51.3 Å². The molecule has 36 heavy (non-hydrogen) atoms. The molecule has 0 aliphatic heterocycles. The lowest BCUT2D eigenvalue weighted by Crippen LogP contribution is -2.09. The predicted molar refractivity (Wildman–Crippen MR) is 149 cm³/mol. The predicted octanol–water partition coefficient (Wildman–Crippen LogP) is 7.08. The maximum absolute atomic E-state index is 12.4. The van der Waals surface area contributed by atoms with Crippen LogP contribution < -0.4 is 10.6 Å². The second kappa shape index (κ2) is 10.8. The van der Waals surface area contributed by atoms with Gasteiger partial charge in [-0.15, -0.1) is 0 Å². The van der Waals surface area contributed by atoms with Gasteiger partial charge in [0.1, 0.15) is 5.82 Å². The molecule has 0 atom stereocenters. The van der Waals surface area contributed by atoms with Gasteiger partial charge in [0, 0.05) is 35.0 Å². The summed E-state index contributed by atoms with van der Waals surface area (Å²) in [4.78, 5) is 17.1. The number of hydrogen-bond donors (Lipinski definition) is 2.